The topological polar surface area (TPSA) is 74.8 Å². The molecule has 4 aromatic rings. The zero-order valence-electron chi connectivity index (χ0n) is 21.5. The Morgan fingerprint density at radius 2 is 1.00 bits per heavy atom. The van der Waals surface area contributed by atoms with Crippen molar-refractivity contribution in [3.8, 4) is 20.9 Å². The van der Waals surface area contributed by atoms with Gasteiger partial charge in [-0.2, -0.15) is 0 Å². The van der Waals surface area contributed by atoms with Gasteiger partial charge in [0.2, 0.25) is 0 Å². The summed E-state index contributed by atoms with van der Waals surface area (Å²) in [5.41, 5.74) is 2.74. The molecule has 0 atom stereocenters. The second-order valence-corrected chi connectivity index (χ2v) is 12.5. The quantitative estimate of drug-likeness (QED) is 0.251. The van der Waals surface area contributed by atoms with Crippen LogP contribution >= 0.6 is 22.7 Å². The maximum atomic E-state index is 14.0. The fraction of sp³-hybridized carbons (Fsp3) is 0.267. The number of benzene rings is 2. The van der Waals surface area contributed by atoms with Crippen molar-refractivity contribution in [2.45, 2.75) is 27.7 Å². The van der Waals surface area contributed by atoms with E-state index < -0.39 is 0 Å². The van der Waals surface area contributed by atoms with Gasteiger partial charge in [0.25, 0.3) is 23.6 Å². The molecule has 2 aromatic carbocycles. The number of carbonyl (C=O) groups is 4. The lowest BCUT2D eigenvalue weighted by molar-refractivity contribution is 0.0572. The minimum atomic E-state index is -0.389. The molecule has 2 aliphatic heterocycles. The SMILES string of the molecule is CC(C)CN1C(=O)c2cc(-c3cccs3)c3c4c(cc(-c5cccs5)c(c24)C1=O)C(=O)N(CC(C)C)C3=O. The number of hydrogen-bond acceptors (Lipinski definition) is 6. The Hall–Kier alpha value is -3.62. The maximum absolute atomic E-state index is 14.0. The summed E-state index contributed by atoms with van der Waals surface area (Å²) in [6.45, 7) is 8.42. The normalized spacial score (nSPS) is 15.1. The lowest BCUT2D eigenvalue weighted by atomic mass is 9.80. The van der Waals surface area contributed by atoms with Gasteiger partial charge >= 0.3 is 0 Å². The number of thiophene rings is 2. The maximum Gasteiger partial charge on any atom is 0.262 e. The molecule has 0 fully saturated rings. The fourth-order valence-electron chi connectivity index (χ4n) is 5.48. The summed E-state index contributed by atoms with van der Waals surface area (Å²) < 4.78 is 0. The molecular weight excluding hydrogens is 516 g/mol. The highest BCUT2D eigenvalue weighted by molar-refractivity contribution is 7.14. The second kappa shape index (κ2) is 8.99. The third-order valence-corrected chi connectivity index (χ3v) is 8.75. The van der Waals surface area contributed by atoms with E-state index in [-0.39, 0.29) is 48.6 Å². The molecular formula is C30H26N2O4S2. The standard InChI is InChI=1S/C30H26N2O4S2/c1-15(2)13-31-27(33)19-11-18(22-8-6-10-38-22)26-24-20(28(34)32(30(26)36)14-16(3)4)12-17(21-7-5-9-37-21)25(23(19)24)29(31)35/h5-12,15-16H,13-14H2,1-4H3. The van der Waals surface area contributed by atoms with E-state index in [1.165, 1.54) is 32.5 Å². The van der Waals surface area contributed by atoms with Crippen LogP contribution in [-0.4, -0.2) is 46.5 Å². The Kier molecular flexibility index (Phi) is 5.85. The van der Waals surface area contributed by atoms with E-state index in [1.54, 1.807) is 12.1 Å². The van der Waals surface area contributed by atoms with Gasteiger partial charge in [0, 0.05) is 55.9 Å². The first-order valence-corrected chi connectivity index (χ1v) is 14.4. The van der Waals surface area contributed by atoms with E-state index in [2.05, 4.69) is 0 Å². The van der Waals surface area contributed by atoms with Crippen molar-refractivity contribution in [1.29, 1.82) is 0 Å². The Labute approximate surface area is 228 Å². The second-order valence-electron chi connectivity index (χ2n) is 10.6. The molecule has 6 rings (SSSR count). The van der Waals surface area contributed by atoms with Crippen molar-refractivity contribution in [2.75, 3.05) is 13.1 Å². The molecule has 6 nitrogen and oxygen atoms in total. The molecule has 0 spiro atoms. The van der Waals surface area contributed by atoms with Crippen LogP contribution in [-0.2, 0) is 0 Å². The molecule has 38 heavy (non-hydrogen) atoms. The number of imide groups is 2. The van der Waals surface area contributed by atoms with Crippen LogP contribution < -0.4 is 0 Å². The van der Waals surface area contributed by atoms with Crippen LogP contribution in [0.1, 0.15) is 69.1 Å². The highest BCUT2D eigenvalue weighted by Gasteiger charge is 2.43. The lowest BCUT2D eigenvalue weighted by Crippen LogP contribution is -2.45. The van der Waals surface area contributed by atoms with E-state index in [4.69, 9.17) is 0 Å². The van der Waals surface area contributed by atoms with Gasteiger partial charge in [-0.25, -0.2) is 0 Å². The van der Waals surface area contributed by atoms with Crippen molar-refractivity contribution in [3.05, 3.63) is 69.4 Å². The number of carbonyl (C=O) groups excluding carboxylic acids is 4. The Morgan fingerprint density at radius 1 is 0.605 bits per heavy atom. The minimum Gasteiger partial charge on any atom is -0.274 e. The predicted molar refractivity (Wildman–Crippen MR) is 151 cm³/mol. The van der Waals surface area contributed by atoms with Gasteiger partial charge in [0.1, 0.15) is 0 Å². The summed E-state index contributed by atoms with van der Waals surface area (Å²) in [4.78, 5) is 60.1. The molecule has 0 saturated carbocycles. The lowest BCUT2D eigenvalue weighted by Gasteiger charge is -2.35. The first-order valence-electron chi connectivity index (χ1n) is 12.7. The molecule has 8 heteroatoms. The Balaban J connectivity index is 1.78. The van der Waals surface area contributed by atoms with Crippen LogP contribution in [0.5, 0.6) is 0 Å². The van der Waals surface area contributed by atoms with Crippen LogP contribution in [0, 0.1) is 11.8 Å². The molecule has 192 valence electrons. The van der Waals surface area contributed by atoms with E-state index in [0.717, 1.165) is 9.75 Å². The first-order chi connectivity index (χ1) is 18.2. The van der Waals surface area contributed by atoms with Crippen molar-refractivity contribution in [3.63, 3.8) is 0 Å². The summed E-state index contributed by atoms with van der Waals surface area (Å²) in [6, 6.07) is 11.1. The van der Waals surface area contributed by atoms with Crippen LogP contribution in [0.15, 0.2) is 47.2 Å². The largest absolute Gasteiger partial charge is 0.274 e. The summed E-state index contributed by atoms with van der Waals surface area (Å²) in [5, 5.41) is 4.68. The molecule has 4 heterocycles. The van der Waals surface area contributed by atoms with Crippen LogP contribution in [0.4, 0.5) is 0 Å². The number of rotatable bonds is 6. The molecule has 0 saturated heterocycles. The van der Waals surface area contributed by atoms with Gasteiger partial charge in [-0.3, -0.25) is 29.0 Å². The van der Waals surface area contributed by atoms with Gasteiger partial charge in [-0.1, -0.05) is 39.8 Å². The Morgan fingerprint density at radius 3 is 1.32 bits per heavy atom. The van der Waals surface area contributed by atoms with Crippen LogP contribution in [0.2, 0.25) is 0 Å². The highest BCUT2D eigenvalue weighted by atomic mass is 32.1. The number of nitrogens with zero attached hydrogens (tertiary/aromatic N) is 2. The van der Waals surface area contributed by atoms with Gasteiger partial charge < -0.3 is 0 Å². The molecule has 0 aliphatic carbocycles. The first kappa shape index (κ1) is 24.7. The molecule has 2 aliphatic rings. The molecule has 0 radical (unpaired) electrons. The smallest absolute Gasteiger partial charge is 0.262 e. The highest BCUT2D eigenvalue weighted by Crippen LogP contribution is 2.47. The van der Waals surface area contributed by atoms with Crippen molar-refractivity contribution in [1.82, 2.24) is 9.80 Å². The molecule has 0 unspecified atom stereocenters. The zero-order chi connectivity index (χ0) is 26.9. The summed E-state index contributed by atoms with van der Waals surface area (Å²) in [7, 11) is 0. The molecule has 2 aromatic heterocycles. The van der Waals surface area contributed by atoms with E-state index in [1.807, 2.05) is 62.7 Å². The van der Waals surface area contributed by atoms with E-state index in [9.17, 15) is 19.2 Å². The average Bonchev–Trinajstić information content (AvgIpc) is 3.60. The van der Waals surface area contributed by atoms with Gasteiger partial charge in [0.15, 0.2) is 0 Å². The molecule has 0 bridgehead atoms. The number of hydrogen-bond donors (Lipinski definition) is 0. The summed E-state index contributed by atoms with van der Waals surface area (Å²) >= 11 is 2.94. The minimum absolute atomic E-state index is 0.0760. The van der Waals surface area contributed by atoms with Crippen molar-refractivity contribution in [2.24, 2.45) is 11.8 Å². The third kappa shape index (κ3) is 3.58. The Bertz CT molecular complexity index is 1530. The van der Waals surface area contributed by atoms with Crippen LogP contribution in [0.3, 0.4) is 0 Å². The summed E-state index contributed by atoms with van der Waals surface area (Å²) in [5.74, 6) is -1.39. The molecule has 4 amide bonds. The van der Waals surface area contributed by atoms with Crippen molar-refractivity contribution < 1.29 is 19.2 Å². The fourth-order valence-corrected chi connectivity index (χ4v) is 6.97. The van der Waals surface area contributed by atoms with Gasteiger partial charge in [-0.15, -0.1) is 22.7 Å². The number of amides is 4. The average molecular weight is 543 g/mol. The van der Waals surface area contributed by atoms with E-state index >= 15 is 0 Å². The monoisotopic (exact) mass is 542 g/mol. The van der Waals surface area contributed by atoms with Crippen LogP contribution in [0.25, 0.3) is 31.7 Å². The predicted octanol–water partition coefficient (Wildman–Crippen LogP) is 6.80. The zero-order valence-corrected chi connectivity index (χ0v) is 23.2. The third-order valence-electron chi connectivity index (χ3n) is 6.94. The van der Waals surface area contributed by atoms with E-state index in [0.29, 0.717) is 44.2 Å². The van der Waals surface area contributed by atoms with Crippen molar-refractivity contribution >= 4 is 57.1 Å². The van der Waals surface area contributed by atoms with Gasteiger partial charge in [-0.05, 0) is 46.9 Å². The summed E-state index contributed by atoms with van der Waals surface area (Å²) in [6.07, 6.45) is 0. The molecule has 0 N–H and O–H groups in total. The van der Waals surface area contributed by atoms with Gasteiger partial charge in [0.05, 0.1) is 11.1 Å².